The lowest BCUT2D eigenvalue weighted by molar-refractivity contribution is -0.295. The molecule has 3 rings (SSSR count). The molecule has 0 spiro atoms. The molecule has 2 heterocycles. The fourth-order valence-corrected chi connectivity index (χ4v) is 3.86. The zero-order chi connectivity index (χ0) is 15.5. The lowest BCUT2D eigenvalue weighted by atomic mass is 9.89. The Labute approximate surface area is 133 Å². The molecule has 2 saturated heterocycles. The number of hydrogen-bond donors (Lipinski definition) is 0. The molecule has 1 aromatic rings. The number of benzene rings is 1. The van der Waals surface area contributed by atoms with Crippen LogP contribution in [0.15, 0.2) is 35.4 Å². The second kappa shape index (κ2) is 6.89. The van der Waals surface area contributed by atoms with Gasteiger partial charge in [0.15, 0.2) is 6.29 Å². The second-order valence-corrected chi connectivity index (χ2v) is 6.45. The van der Waals surface area contributed by atoms with Gasteiger partial charge in [-0.05, 0) is 17.7 Å². The van der Waals surface area contributed by atoms with E-state index in [1.807, 2.05) is 36.6 Å². The molecule has 1 aromatic carbocycles. The maximum atomic E-state index is 8.80. The fraction of sp³-hybridized carbons (Fsp3) is 0.600. The van der Waals surface area contributed by atoms with Crippen LogP contribution in [-0.2, 0) is 14.2 Å². The van der Waals surface area contributed by atoms with Crippen LogP contribution in [0.25, 0.3) is 10.4 Å². The highest BCUT2D eigenvalue weighted by atomic mass is 32.2. The molecule has 2 aliphatic rings. The summed E-state index contributed by atoms with van der Waals surface area (Å²) in [4.78, 5) is 2.97. The van der Waals surface area contributed by atoms with E-state index in [-0.39, 0.29) is 29.6 Å². The van der Waals surface area contributed by atoms with Crippen LogP contribution in [0.2, 0.25) is 0 Å². The van der Waals surface area contributed by atoms with E-state index in [0.29, 0.717) is 6.61 Å². The third-order valence-corrected chi connectivity index (χ3v) is 5.05. The molecular formula is C15H19N3O3S. The summed E-state index contributed by atoms with van der Waals surface area (Å²) < 4.78 is 17.9. The van der Waals surface area contributed by atoms with Crippen molar-refractivity contribution in [2.75, 3.05) is 12.9 Å². The van der Waals surface area contributed by atoms with Crippen LogP contribution in [0.3, 0.4) is 0 Å². The molecule has 6 atom stereocenters. The zero-order valence-electron chi connectivity index (χ0n) is 12.5. The number of azide groups is 1. The predicted molar refractivity (Wildman–Crippen MR) is 84.3 cm³/mol. The Morgan fingerprint density at radius 1 is 1.27 bits per heavy atom. The smallest absolute Gasteiger partial charge is 0.184 e. The van der Waals surface area contributed by atoms with Crippen molar-refractivity contribution in [1.29, 1.82) is 0 Å². The minimum atomic E-state index is -0.397. The van der Waals surface area contributed by atoms with Crippen molar-refractivity contribution >= 4 is 11.8 Å². The van der Waals surface area contributed by atoms with Crippen molar-refractivity contribution in [2.24, 2.45) is 11.0 Å². The van der Waals surface area contributed by atoms with E-state index in [0.717, 1.165) is 5.56 Å². The van der Waals surface area contributed by atoms with Crippen molar-refractivity contribution in [3.63, 3.8) is 0 Å². The van der Waals surface area contributed by atoms with Gasteiger partial charge in [0.25, 0.3) is 0 Å². The third-order valence-electron chi connectivity index (χ3n) is 4.19. The minimum Gasteiger partial charge on any atom is -0.359 e. The Morgan fingerprint density at radius 2 is 2.05 bits per heavy atom. The van der Waals surface area contributed by atoms with E-state index in [2.05, 4.69) is 16.9 Å². The van der Waals surface area contributed by atoms with Crippen molar-refractivity contribution in [3.05, 3.63) is 46.3 Å². The fourth-order valence-electron chi connectivity index (χ4n) is 3.02. The van der Waals surface area contributed by atoms with Gasteiger partial charge >= 0.3 is 0 Å². The summed E-state index contributed by atoms with van der Waals surface area (Å²) in [6.45, 7) is 2.53. The van der Waals surface area contributed by atoms with Gasteiger partial charge in [-0.2, -0.15) is 0 Å². The van der Waals surface area contributed by atoms with Gasteiger partial charge in [-0.3, -0.25) is 0 Å². The summed E-state index contributed by atoms with van der Waals surface area (Å²) in [7, 11) is 0. The standard InChI is InChI=1S/C15H19N3O3S/c1-9-12(17-18-16)15(22-2)20-11-8-19-14(21-13(9)11)10-6-4-3-5-7-10/h3-7,9,11-15H,8H2,1-2H3/t9-,11?,12+,13+,14?,15?/m1/s1. The highest BCUT2D eigenvalue weighted by molar-refractivity contribution is 7.99. The highest BCUT2D eigenvalue weighted by Gasteiger charge is 2.47. The Hall–Kier alpha value is -1.24. The number of ether oxygens (including phenoxy) is 3. The molecule has 22 heavy (non-hydrogen) atoms. The van der Waals surface area contributed by atoms with Gasteiger partial charge in [-0.25, -0.2) is 0 Å². The van der Waals surface area contributed by atoms with E-state index >= 15 is 0 Å². The molecule has 0 N–H and O–H groups in total. The van der Waals surface area contributed by atoms with Crippen molar-refractivity contribution in [3.8, 4) is 0 Å². The number of nitrogens with zero attached hydrogens (tertiary/aromatic N) is 3. The van der Waals surface area contributed by atoms with Gasteiger partial charge in [-0.1, -0.05) is 42.4 Å². The summed E-state index contributed by atoms with van der Waals surface area (Å²) in [5.41, 5.74) is 9.63. The molecule has 2 fully saturated rings. The maximum absolute atomic E-state index is 8.80. The molecule has 0 bridgehead atoms. The molecular weight excluding hydrogens is 302 g/mol. The predicted octanol–water partition coefficient (Wildman–Crippen LogP) is 3.50. The first-order valence-corrected chi connectivity index (χ1v) is 8.58. The maximum Gasteiger partial charge on any atom is 0.184 e. The van der Waals surface area contributed by atoms with Gasteiger partial charge in [0, 0.05) is 10.5 Å². The molecule has 0 saturated carbocycles. The number of fused-ring (bicyclic) bond motifs is 1. The van der Waals surface area contributed by atoms with Crippen molar-refractivity contribution in [2.45, 2.75) is 36.9 Å². The zero-order valence-corrected chi connectivity index (χ0v) is 13.3. The van der Waals surface area contributed by atoms with Gasteiger partial charge in [0.2, 0.25) is 0 Å². The average Bonchev–Trinajstić information content (AvgIpc) is 2.58. The Kier molecular flexibility index (Phi) is 4.90. The van der Waals surface area contributed by atoms with Gasteiger partial charge < -0.3 is 14.2 Å². The molecule has 0 amide bonds. The third kappa shape index (κ3) is 2.95. The van der Waals surface area contributed by atoms with Crippen LogP contribution in [0.1, 0.15) is 18.8 Å². The van der Waals surface area contributed by atoms with E-state index in [1.54, 1.807) is 11.8 Å². The molecule has 7 heteroatoms. The summed E-state index contributed by atoms with van der Waals surface area (Å²) in [5, 5.41) is 3.92. The summed E-state index contributed by atoms with van der Waals surface area (Å²) in [6.07, 6.45) is 1.29. The summed E-state index contributed by atoms with van der Waals surface area (Å²) >= 11 is 1.55. The number of rotatable bonds is 3. The summed E-state index contributed by atoms with van der Waals surface area (Å²) in [5.74, 6) is 0.0715. The first kappa shape index (κ1) is 15.6. The molecule has 6 nitrogen and oxygen atoms in total. The normalized spacial score (nSPS) is 37.9. The summed E-state index contributed by atoms with van der Waals surface area (Å²) in [6, 6.07) is 9.60. The van der Waals surface area contributed by atoms with Crippen molar-refractivity contribution in [1.82, 2.24) is 0 Å². The van der Waals surface area contributed by atoms with Crippen LogP contribution in [-0.4, -0.2) is 36.5 Å². The molecule has 0 radical (unpaired) electrons. The molecule has 118 valence electrons. The Balaban J connectivity index is 1.79. The van der Waals surface area contributed by atoms with E-state index in [1.165, 1.54) is 0 Å². The quantitative estimate of drug-likeness (QED) is 0.485. The van der Waals surface area contributed by atoms with E-state index in [9.17, 15) is 0 Å². The van der Waals surface area contributed by atoms with Crippen molar-refractivity contribution < 1.29 is 14.2 Å². The van der Waals surface area contributed by atoms with Crippen LogP contribution < -0.4 is 0 Å². The minimum absolute atomic E-state index is 0.0715. The lowest BCUT2D eigenvalue weighted by Gasteiger charge is -2.47. The number of hydrogen-bond acceptors (Lipinski definition) is 5. The van der Waals surface area contributed by atoms with E-state index < -0.39 is 6.29 Å². The lowest BCUT2D eigenvalue weighted by Crippen LogP contribution is -2.56. The van der Waals surface area contributed by atoms with E-state index in [4.69, 9.17) is 19.7 Å². The SMILES string of the molecule is CSC1OC2COC(c3ccccc3)O[C@H]2[C@H](C)[C@@H]1N=[N+]=[N-]. The average molecular weight is 321 g/mol. The molecule has 0 aromatic heterocycles. The first-order chi connectivity index (χ1) is 10.7. The monoisotopic (exact) mass is 321 g/mol. The Bertz CT molecular complexity index is 552. The molecule has 0 aliphatic carbocycles. The molecule has 2 aliphatic heterocycles. The van der Waals surface area contributed by atoms with Crippen LogP contribution in [0, 0.1) is 5.92 Å². The largest absolute Gasteiger partial charge is 0.359 e. The van der Waals surface area contributed by atoms with Crippen LogP contribution >= 0.6 is 11.8 Å². The highest BCUT2D eigenvalue weighted by Crippen LogP contribution is 2.40. The Morgan fingerprint density at radius 3 is 2.73 bits per heavy atom. The van der Waals surface area contributed by atoms with Gasteiger partial charge in [0.1, 0.15) is 11.5 Å². The molecule has 3 unspecified atom stereocenters. The first-order valence-electron chi connectivity index (χ1n) is 7.29. The van der Waals surface area contributed by atoms with Gasteiger partial charge in [0.05, 0.1) is 18.8 Å². The van der Waals surface area contributed by atoms with Gasteiger partial charge in [-0.15, -0.1) is 11.8 Å². The number of thioether (sulfide) groups is 1. The topological polar surface area (TPSA) is 76.5 Å². The van der Waals surface area contributed by atoms with Crippen LogP contribution in [0.5, 0.6) is 0 Å². The van der Waals surface area contributed by atoms with Crippen LogP contribution in [0.4, 0.5) is 0 Å². The second-order valence-electron chi connectivity index (χ2n) is 5.51.